The number of nitrogens with one attached hydrogen (secondary N) is 1. The third-order valence-electron chi connectivity index (χ3n) is 2.06. The van der Waals surface area contributed by atoms with Gasteiger partial charge in [-0.2, -0.15) is 0 Å². The Labute approximate surface area is 104 Å². The van der Waals surface area contributed by atoms with Gasteiger partial charge in [-0.3, -0.25) is 4.79 Å². The molecular weight excluding hydrogens is 245 g/mol. The Morgan fingerprint density at radius 1 is 1.59 bits per heavy atom. The molecule has 1 rings (SSSR count). The third-order valence-corrected chi connectivity index (χ3v) is 2.39. The fourth-order valence-electron chi connectivity index (χ4n) is 1.24. The average molecular weight is 258 g/mol. The molecule has 1 aromatic rings. The Hall–Kier alpha value is -1.55. The molecule has 5 heteroatoms. The van der Waals surface area contributed by atoms with E-state index in [-0.39, 0.29) is 17.2 Å². The van der Waals surface area contributed by atoms with Crippen LogP contribution in [0.3, 0.4) is 0 Å². The number of methoxy groups -OCH3 is 1. The lowest BCUT2D eigenvalue weighted by Crippen LogP contribution is -2.19. The van der Waals surface area contributed by atoms with Crippen molar-refractivity contribution in [2.45, 2.75) is 6.92 Å². The van der Waals surface area contributed by atoms with Gasteiger partial charge in [-0.15, -0.1) is 0 Å². The zero-order valence-electron chi connectivity index (χ0n) is 9.59. The summed E-state index contributed by atoms with van der Waals surface area (Å²) in [5.41, 5.74) is 0.247. The van der Waals surface area contributed by atoms with Crippen LogP contribution in [0.4, 0.5) is 4.39 Å². The van der Waals surface area contributed by atoms with E-state index >= 15 is 0 Å². The van der Waals surface area contributed by atoms with Crippen LogP contribution in [0.1, 0.15) is 12.5 Å². The average Bonchev–Trinajstić information content (AvgIpc) is 2.27. The molecule has 1 N–H and O–H groups in total. The Balaban J connectivity index is 2.86. The third kappa shape index (κ3) is 3.75. The van der Waals surface area contributed by atoms with Crippen molar-refractivity contribution < 1.29 is 13.9 Å². The normalized spacial score (nSPS) is 10.6. The van der Waals surface area contributed by atoms with E-state index in [1.165, 1.54) is 26.2 Å². The topological polar surface area (TPSA) is 38.3 Å². The van der Waals surface area contributed by atoms with Crippen LogP contribution in [0.15, 0.2) is 18.2 Å². The Morgan fingerprint density at radius 3 is 2.88 bits per heavy atom. The van der Waals surface area contributed by atoms with Crippen molar-refractivity contribution in [1.29, 1.82) is 0 Å². The minimum atomic E-state index is -0.515. The van der Waals surface area contributed by atoms with E-state index < -0.39 is 5.82 Å². The Morgan fingerprint density at radius 2 is 2.29 bits per heavy atom. The van der Waals surface area contributed by atoms with E-state index in [4.69, 9.17) is 16.3 Å². The minimum absolute atomic E-state index is 0.133. The maximum atomic E-state index is 13.8. The zero-order chi connectivity index (χ0) is 12.8. The second kappa shape index (κ2) is 6.25. The number of carbonyl (C=O) groups is 1. The molecule has 0 aliphatic rings. The van der Waals surface area contributed by atoms with Crippen molar-refractivity contribution >= 4 is 23.6 Å². The number of halogens is 2. The molecule has 0 aliphatic carbocycles. The van der Waals surface area contributed by atoms with Crippen molar-refractivity contribution in [1.82, 2.24) is 5.32 Å². The van der Waals surface area contributed by atoms with E-state index in [0.717, 1.165) is 0 Å². The first-order chi connectivity index (χ1) is 8.06. The van der Waals surface area contributed by atoms with E-state index in [2.05, 4.69) is 5.32 Å². The molecule has 0 fully saturated rings. The summed E-state index contributed by atoms with van der Waals surface area (Å²) in [4.78, 5) is 10.6. The van der Waals surface area contributed by atoms with Crippen LogP contribution in [0, 0.1) is 5.82 Å². The van der Waals surface area contributed by atoms with E-state index in [1.54, 1.807) is 12.1 Å². The van der Waals surface area contributed by atoms with Crippen LogP contribution in [0.2, 0.25) is 5.02 Å². The number of carbonyl (C=O) groups excluding carboxylic acids is 1. The van der Waals surface area contributed by atoms with E-state index in [1.807, 2.05) is 0 Å². The number of benzene rings is 1. The number of rotatable bonds is 4. The Kier molecular flexibility index (Phi) is 4.97. The van der Waals surface area contributed by atoms with Gasteiger partial charge in [0.05, 0.1) is 12.1 Å². The lowest BCUT2D eigenvalue weighted by molar-refractivity contribution is -0.118. The van der Waals surface area contributed by atoms with Crippen LogP contribution in [-0.4, -0.2) is 19.6 Å². The van der Waals surface area contributed by atoms with Crippen molar-refractivity contribution in [2.75, 3.05) is 13.7 Å². The summed E-state index contributed by atoms with van der Waals surface area (Å²) in [5.74, 6) is -0.528. The maximum absolute atomic E-state index is 13.8. The lowest BCUT2D eigenvalue weighted by atomic mass is 10.2. The predicted octanol–water partition coefficient (Wildman–Crippen LogP) is 2.64. The molecule has 1 aromatic carbocycles. The quantitative estimate of drug-likeness (QED) is 0.901. The molecule has 0 heterocycles. The zero-order valence-corrected chi connectivity index (χ0v) is 10.3. The van der Waals surface area contributed by atoms with Gasteiger partial charge in [-0.05, 0) is 12.1 Å². The predicted molar refractivity (Wildman–Crippen MR) is 65.7 cm³/mol. The summed E-state index contributed by atoms with van der Waals surface area (Å²) >= 11 is 5.87. The number of hydrogen-bond donors (Lipinski definition) is 1. The van der Waals surface area contributed by atoms with Gasteiger partial charge in [0.1, 0.15) is 0 Å². The van der Waals surface area contributed by atoms with Gasteiger partial charge in [0.25, 0.3) is 0 Å². The summed E-state index contributed by atoms with van der Waals surface area (Å²) in [6, 6.07) is 3.02. The molecule has 92 valence electrons. The maximum Gasteiger partial charge on any atom is 0.217 e. The van der Waals surface area contributed by atoms with Crippen LogP contribution in [-0.2, 0) is 4.79 Å². The molecule has 0 saturated carbocycles. The Bertz CT molecular complexity index is 446. The number of hydrogen-bond acceptors (Lipinski definition) is 2. The van der Waals surface area contributed by atoms with Crippen molar-refractivity contribution in [3.05, 3.63) is 34.6 Å². The second-order valence-corrected chi connectivity index (χ2v) is 3.72. The van der Waals surface area contributed by atoms with Crippen LogP contribution >= 0.6 is 11.6 Å². The van der Waals surface area contributed by atoms with Crippen LogP contribution in [0.25, 0.3) is 6.08 Å². The molecule has 0 radical (unpaired) electrons. The summed E-state index contributed by atoms with van der Waals surface area (Å²) in [5, 5.41) is 2.85. The van der Waals surface area contributed by atoms with Crippen LogP contribution in [0.5, 0.6) is 5.75 Å². The fourth-order valence-corrected chi connectivity index (χ4v) is 1.45. The lowest BCUT2D eigenvalue weighted by Gasteiger charge is -2.06. The molecule has 0 saturated heterocycles. The number of ether oxygens (including phenoxy) is 1. The molecule has 0 unspecified atom stereocenters. The highest BCUT2D eigenvalue weighted by Gasteiger charge is 2.09. The van der Waals surface area contributed by atoms with Crippen LogP contribution < -0.4 is 10.1 Å². The molecule has 0 atom stereocenters. The summed E-state index contributed by atoms with van der Waals surface area (Å²) in [6.45, 7) is 1.73. The van der Waals surface area contributed by atoms with Gasteiger partial charge in [-0.25, -0.2) is 4.39 Å². The van der Waals surface area contributed by atoms with Gasteiger partial charge in [0.2, 0.25) is 5.91 Å². The van der Waals surface area contributed by atoms with E-state index in [9.17, 15) is 9.18 Å². The van der Waals surface area contributed by atoms with Gasteiger partial charge in [-0.1, -0.05) is 23.8 Å². The molecule has 0 bridgehead atoms. The van der Waals surface area contributed by atoms with Crippen molar-refractivity contribution in [3.63, 3.8) is 0 Å². The first-order valence-corrected chi connectivity index (χ1v) is 5.37. The first-order valence-electron chi connectivity index (χ1n) is 4.99. The van der Waals surface area contributed by atoms with Crippen molar-refractivity contribution in [3.8, 4) is 5.75 Å². The molecule has 3 nitrogen and oxygen atoms in total. The molecule has 1 amide bonds. The molecule has 0 spiro atoms. The van der Waals surface area contributed by atoms with E-state index in [0.29, 0.717) is 11.6 Å². The SMILES string of the molecule is COc1ccc(Cl)c(C=CCNC(C)=O)c1F. The largest absolute Gasteiger partial charge is 0.494 e. The molecule has 17 heavy (non-hydrogen) atoms. The van der Waals surface area contributed by atoms with Gasteiger partial charge >= 0.3 is 0 Å². The standard InChI is InChI=1S/C12H13ClFNO2/c1-8(16)15-7-3-4-9-10(13)5-6-11(17-2)12(9)14/h3-6H,7H2,1-2H3,(H,15,16). The highest BCUT2D eigenvalue weighted by atomic mass is 35.5. The van der Waals surface area contributed by atoms with Gasteiger partial charge in [0, 0.05) is 19.0 Å². The second-order valence-electron chi connectivity index (χ2n) is 3.32. The minimum Gasteiger partial charge on any atom is -0.494 e. The summed E-state index contributed by atoms with van der Waals surface area (Å²) in [7, 11) is 1.39. The highest BCUT2D eigenvalue weighted by molar-refractivity contribution is 6.32. The fraction of sp³-hybridized carbons (Fsp3) is 0.250. The molecule has 0 aliphatic heterocycles. The van der Waals surface area contributed by atoms with Crippen molar-refractivity contribution in [2.24, 2.45) is 0 Å². The smallest absolute Gasteiger partial charge is 0.217 e. The number of amides is 1. The van der Waals surface area contributed by atoms with Gasteiger partial charge < -0.3 is 10.1 Å². The first kappa shape index (κ1) is 13.5. The highest BCUT2D eigenvalue weighted by Crippen LogP contribution is 2.27. The molecule has 0 aromatic heterocycles. The monoisotopic (exact) mass is 257 g/mol. The summed E-state index contributed by atoms with van der Waals surface area (Å²) < 4.78 is 18.6. The summed E-state index contributed by atoms with van der Waals surface area (Å²) in [6.07, 6.45) is 3.13. The van der Waals surface area contributed by atoms with Gasteiger partial charge in [0.15, 0.2) is 11.6 Å². The molecular formula is C12H13ClFNO2.